The first kappa shape index (κ1) is 23.9. The zero-order valence-electron chi connectivity index (χ0n) is 17.7. The SMILES string of the molecule is CC(C)(C)OC(=O)[C@H]1CC[C@@H](NC(=O)C2(C(F)(F)F)CC(c3cc(F)cc(F)c3)=NO2)C1. The number of amides is 1. The minimum Gasteiger partial charge on any atom is -0.460 e. The highest BCUT2D eigenvalue weighted by molar-refractivity contribution is 6.05. The van der Waals surface area contributed by atoms with Gasteiger partial charge in [0.25, 0.3) is 5.91 Å². The normalized spacial score (nSPS) is 25.8. The second kappa shape index (κ2) is 8.32. The first-order valence-electron chi connectivity index (χ1n) is 10.0. The summed E-state index contributed by atoms with van der Waals surface area (Å²) in [6, 6.07) is 1.47. The Kier molecular flexibility index (Phi) is 6.23. The number of esters is 1. The van der Waals surface area contributed by atoms with E-state index in [1.165, 1.54) is 0 Å². The van der Waals surface area contributed by atoms with Crippen molar-refractivity contribution in [3.05, 3.63) is 35.4 Å². The molecule has 0 saturated heterocycles. The molecule has 32 heavy (non-hydrogen) atoms. The van der Waals surface area contributed by atoms with Crippen molar-refractivity contribution < 1.29 is 41.1 Å². The Balaban J connectivity index is 1.71. The lowest BCUT2D eigenvalue weighted by molar-refractivity contribution is -0.259. The molecule has 0 aromatic heterocycles. The molecule has 11 heteroatoms. The number of hydrogen-bond donors (Lipinski definition) is 1. The molecule has 1 aromatic carbocycles. The summed E-state index contributed by atoms with van der Waals surface area (Å²) < 4.78 is 73.9. The van der Waals surface area contributed by atoms with Crippen LogP contribution in [-0.4, -0.2) is 41.0 Å². The van der Waals surface area contributed by atoms with Crippen LogP contribution in [0.25, 0.3) is 0 Å². The molecule has 1 N–H and O–H groups in total. The molecule has 1 unspecified atom stereocenters. The topological polar surface area (TPSA) is 77.0 Å². The number of benzene rings is 1. The van der Waals surface area contributed by atoms with Crippen molar-refractivity contribution in [3.63, 3.8) is 0 Å². The molecule has 1 aromatic rings. The second-order valence-corrected chi connectivity index (χ2v) is 9.00. The van der Waals surface area contributed by atoms with Crippen molar-refractivity contribution >= 4 is 17.6 Å². The van der Waals surface area contributed by atoms with Gasteiger partial charge in [0, 0.05) is 17.7 Å². The lowest BCUT2D eigenvalue weighted by atomic mass is 9.92. The van der Waals surface area contributed by atoms with E-state index in [0.29, 0.717) is 12.5 Å². The maximum absolute atomic E-state index is 13.9. The van der Waals surface area contributed by atoms with Gasteiger partial charge >= 0.3 is 17.7 Å². The number of oxime groups is 1. The van der Waals surface area contributed by atoms with E-state index >= 15 is 0 Å². The van der Waals surface area contributed by atoms with Crippen molar-refractivity contribution in [2.24, 2.45) is 11.1 Å². The molecule has 3 rings (SSSR count). The summed E-state index contributed by atoms with van der Waals surface area (Å²) in [7, 11) is 0. The summed E-state index contributed by atoms with van der Waals surface area (Å²) in [5.74, 6) is -4.51. The lowest BCUT2D eigenvalue weighted by Crippen LogP contribution is -2.58. The molecule has 0 bridgehead atoms. The number of rotatable bonds is 4. The maximum atomic E-state index is 13.9. The van der Waals surface area contributed by atoms with E-state index < -0.39 is 65.0 Å². The average Bonchev–Trinajstić information content (AvgIpc) is 3.26. The van der Waals surface area contributed by atoms with E-state index in [1.54, 1.807) is 20.8 Å². The van der Waals surface area contributed by atoms with Crippen LogP contribution in [0.4, 0.5) is 22.0 Å². The summed E-state index contributed by atoms with van der Waals surface area (Å²) in [5, 5.41) is 5.61. The highest BCUT2D eigenvalue weighted by Gasteiger charge is 2.67. The number of ether oxygens (including phenoxy) is 1. The Morgan fingerprint density at radius 3 is 2.31 bits per heavy atom. The molecule has 1 saturated carbocycles. The zero-order chi connectivity index (χ0) is 23.9. The fourth-order valence-electron chi connectivity index (χ4n) is 3.72. The molecule has 2 aliphatic rings. The molecule has 1 aliphatic heterocycles. The third-order valence-electron chi connectivity index (χ3n) is 5.26. The fourth-order valence-corrected chi connectivity index (χ4v) is 3.72. The predicted octanol–water partition coefficient (Wildman–Crippen LogP) is 4.02. The predicted molar refractivity (Wildman–Crippen MR) is 102 cm³/mol. The van der Waals surface area contributed by atoms with Crippen LogP contribution in [0.2, 0.25) is 0 Å². The van der Waals surface area contributed by atoms with Gasteiger partial charge in [0.1, 0.15) is 17.2 Å². The average molecular weight is 462 g/mol. The smallest absolute Gasteiger partial charge is 0.440 e. The first-order valence-corrected chi connectivity index (χ1v) is 10.0. The van der Waals surface area contributed by atoms with Gasteiger partial charge in [0.05, 0.1) is 18.1 Å². The number of carbonyl (C=O) groups excluding carboxylic acids is 2. The number of halogens is 5. The minimum absolute atomic E-state index is 0.122. The molecule has 1 fully saturated rings. The zero-order valence-corrected chi connectivity index (χ0v) is 17.7. The molecular weight excluding hydrogens is 439 g/mol. The fraction of sp³-hybridized carbons (Fsp3) is 0.571. The molecule has 1 aliphatic carbocycles. The summed E-state index contributed by atoms with van der Waals surface area (Å²) in [5.41, 5.74) is -4.71. The van der Waals surface area contributed by atoms with Crippen molar-refractivity contribution in [1.29, 1.82) is 0 Å². The Morgan fingerprint density at radius 2 is 1.75 bits per heavy atom. The van der Waals surface area contributed by atoms with Crippen molar-refractivity contribution in [1.82, 2.24) is 5.32 Å². The summed E-state index contributed by atoms with van der Waals surface area (Å²) in [4.78, 5) is 29.5. The van der Waals surface area contributed by atoms with Crippen molar-refractivity contribution in [2.45, 2.75) is 69.9 Å². The molecular formula is C21H23F5N2O4. The van der Waals surface area contributed by atoms with Crippen molar-refractivity contribution in [3.8, 4) is 0 Å². The highest BCUT2D eigenvalue weighted by Crippen LogP contribution is 2.42. The van der Waals surface area contributed by atoms with Crippen LogP contribution in [0, 0.1) is 17.6 Å². The van der Waals surface area contributed by atoms with E-state index in [1.807, 2.05) is 0 Å². The van der Waals surface area contributed by atoms with E-state index in [0.717, 1.165) is 12.1 Å². The number of nitrogens with zero attached hydrogens (tertiary/aromatic N) is 1. The number of hydrogen-bond acceptors (Lipinski definition) is 5. The van der Waals surface area contributed by atoms with E-state index in [9.17, 15) is 31.5 Å². The third kappa shape index (κ3) is 5.02. The lowest BCUT2D eigenvalue weighted by Gasteiger charge is -2.29. The molecule has 176 valence electrons. The van der Waals surface area contributed by atoms with E-state index in [2.05, 4.69) is 15.3 Å². The molecule has 6 nitrogen and oxygen atoms in total. The number of nitrogens with one attached hydrogen (secondary N) is 1. The van der Waals surface area contributed by atoms with Crippen LogP contribution in [0.1, 0.15) is 52.0 Å². The van der Waals surface area contributed by atoms with Gasteiger partial charge in [0.15, 0.2) is 0 Å². The largest absolute Gasteiger partial charge is 0.460 e. The van der Waals surface area contributed by atoms with Gasteiger partial charge in [-0.1, -0.05) is 5.16 Å². The van der Waals surface area contributed by atoms with Crippen LogP contribution in [0.3, 0.4) is 0 Å². The Hall–Kier alpha value is -2.72. The third-order valence-corrected chi connectivity index (χ3v) is 5.26. The van der Waals surface area contributed by atoms with Gasteiger partial charge in [-0.3, -0.25) is 9.59 Å². The van der Waals surface area contributed by atoms with Gasteiger partial charge in [-0.25, -0.2) is 8.78 Å². The van der Waals surface area contributed by atoms with E-state index in [4.69, 9.17) is 4.74 Å². The second-order valence-electron chi connectivity index (χ2n) is 9.00. The van der Waals surface area contributed by atoms with Crippen LogP contribution in [-0.2, 0) is 19.2 Å². The van der Waals surface area contributed by atoms with Crippen LogP contribution >= 0.6 is 0 Å². The quantitative estimate of drug-likeness (QED) is 0.542. The molecule has 0 spiro atoms. The molecule has 1 heterocycles. The summed E-state index contributed by atoms with van der Waals surface area (Å²) in [6.07, 6.45) is -5.45. The van der Waals surface area contributed by atoms with Crippen LogP contribution < -0.4 is 5.32 Å². The van der Waals surface area contributed by atoms with Gasteiger partial charge in [0.2, 0.25) is 0 Å². The minimum atomic E-state index is -5.16. The Morgan fingerprint density at radius 1 is 1.12 bits per heavy atom. The van der Waals surface area contributed by atoms with Gasteiger partial charge in [-0.05, 0) is 52.2 Å². The van der Waals surface area contributed by atoms with Crippen LogP contribution in [0.15, 0.2) is 23.4 Å². The molecule has 3 atom stereocenters. The van der Waals surface area contributed by atoms with Gasteiger partial charge in [-0.15, -0.1) is 0 Å². The highest BCUT2D eigenvalue weighted by atomic mass is 19.4. The van der Waals surface area contributed by atoms with E-state index in [-0.39, 0.29) is 18.4 Å². The van der Waals surface area contributed by atoms with Crippen LogP contribution in [0.5, 0.6) is 0 Å². The number of alkyl halides is 3. The van der Waals surface area contributed by atoms with Gasteiger partial charge < -0.3 is 14.9 Å². The maximum Gasteiger partial charge on any atom is 0.440 e. The Bertz CT molecular complexity index is 921. The summed E-state index contributed by atoms with van der Waals surface area (Å²) in [6.45, 7) is 5.10. The first-order chi connectivity index (χ1) is 14.7. The number of carbonyl (C=O) groups is 2. The van der Waals surface area contributed by atoms with Crippen molar-refractivity contribution in [2.75, 3.05) is 0 Å². The molecule has 0 radical (unpaired) electrons. The Labute approximate surface area is 181 Å². The standard InChI is InChI=1S/C21H23F5N2O4/c1-19(2,3)31-17(29)11-4-5-15(8-11)27-18(30)20(21(24,25)26)10-16(28-32-20)12-6-13(22)9-14(23)7-12/h6-7,9,11,15H,4-5,8,10H2,1-3H3,(H,27,30)/t11-,15+,20?/m0/s1. The summed E-state index contributed by atoms with van der Waals surface area (Å²) >= 11 is 0. The molecule has 1 amide bonds. The van der Waals surface area contributed by atoms with Gasteiger partial charge in [-0.2, -0.15) is 13.2 Å². The monoisotopic (exact) mass is 462 g/mol.